The molecule has 1 amide bonds. The molecule has 0 aliphatic heterocycles. The molecule has 0 bridgehead atoms. The van der Waals surface area contributed by atoms with Crippen LogP contribution in [0.2, 0.25) is 0 Å². The summed E-state index contributed by atoms with van der Waals surface area (Å²) in [5.41, 5.74) is 0.743. The maximum absolute atomic E-state index is 13.1. The predicted octanol–water partition coefficient (Wildman–Crippen LogP) is 3.51. The summed E-state index contributed by atoms with van der Waals surface area (Å²) < 4.78 is 7.20. The van der Waals surface area contributed by atoms with Crippen molar-refractivity contribution in [2.75, 3.05) is 7.11 Å². The second-order valence-corrected chi connectivity index (χ2v) is 7.67. The minimum absolute atomic E-state index is 0.116. The third kappa shape index (κ3) is 3.72. The van der Waals surface area contributed by atoms with Gasteiger partial charge in [-0.2, -0.15) is 4.68 Å². The van der Waals surface area contributed by atoms with Gasteiger partial charge in [-0.05, 0) is 66.3 Å². The number of hydrogen-bond donors (Lipinski definition) is 1. The number of nitrogens with zero attached hydrogens (tertiary/aromatic N) is 4. The highest BCUT2D eigenvalue weighted by atomic mass is 16.5. The summed E-state index contributed by atoms with van der Waals surface area (Å²) in [6.07, 6.45) is 3.55. The van der Waals surface area contributed by atoms with E-state index in [0.717, 1.165) is 31.4 Å². The summed E-state index contributed by atoms with van der Waals surface area (Å²) in [6, 6.07) is 16.9. The number of ether oxygens (including phenoxy) is 1. The van der Waals surface area contributed by atoms with Crippen LogP contribution in [0.15, 0.2) is 54.6 Å². The molecule has 2 aromatic carbocycles. The molecule has 150 valence electrons. The molecule has 4 rings (SSSR count). The number of aromatic nitrogens is 4. The predicted molar refractivity (Wildman–Crippen MR) is 109 cm³/mol. The van der Waals surface area contributed by atoms with Gasteiger partial charge in [0.15, 0.2) is 5.82 Å². The number of hydrogen-bond acceptors (Lipinski definition) is 5. The number of tetrazole rings is 1. The molecule has 0 radical (unpaired) electrons. The fraction of sp³-hybridized carbons (Fsp3) is 0.364. The Bertz CT molecular complexity index is 978. The summed E-state index contributed by atoms with van der Waals surface area (Å²) in [5.74, 6) is 1.80. The van der Waals surface area contributed by atoms with Crippen molar-refractivity contribution >= 4 is 5.91 Å². The highest BCUT2D eigenvalue weighted by Gasteiger charge is 2.42. The van der Waals surface area contributed by atoms with Crippen molar-refractivity contribution in [3.05, 3.63) is 66.0 Å². The molecule has 0 spiro atoms. The minimum Gasteiger partial charge on any atom is -0.494 e. The van der Waals surface area contributed by atoms with E-state index in [2.05, 4.69) is 27.8 Å². The van der Waals surface area contributed by atoms with E-state index in [-0.39, 0.29) is 5.91 Å². The number of carbonyl (C=O) groups is 1. The molecule has 1 aliphatic carbocycles. The first-order chi connectivity index (χ1) is 14.1. The first-order valence-electron chi connectivity index (χ1n) is 9.93. The van der Waals surface area contributed by atoms with E-state index in [0.29, 0.717) is 23.1 Å². The lowest BCUT2D eigenvalue weighted by Crippen LogP contribution is -2.49. The van der Waals surface area contributed by atoms with Crippen molar-refractivity contribution in [2.45, 2.75) is 38.1 Å². The van der Waals surface area contributed by atoms with Gasteiger partial charge in [0.05, 0.1) is 7.11 Å². The molecule has 1 fully saturated rings. The quantitative estimate of drug-likeness (QED) is 0.720. The number of benzene rings is 2. The fourth-order valence-corrected chi connectivity index (χ4v) is 3.99. The van der Waals surface area contributed by atoms with Crippen molar-refractivity contribution in [1.82, 2.24) is 25.5 Å². The average Bonchev–Trinajstić information content (AvgIpc) is 3.26. The molecule has 1 heterocycles. The van der Waals surface area contributed by atoms with E-state index < -0.39 is 5.54 Å². The van der Waals surface area contributed by atoms with Gasteiger partial charge < -0.3 is 10.1 Å². The van der Waals surface area contributed by atoms with Gasteiger partial charge in [-0.3, -0.25) is 4.79 Å². The largest absolute Gasteiger partial charge is 0.494 e. The Morgan fingerprint density at radius 3 is 2.52 bits per heavy atom. The highest BCUT2D eigenvalue weighted by molar-refractivity contribution is 5.94. The smallest absolute Gasteiger partial charge is 0.252 e. The molecular weight excluding hydrogens is 366 g/mol. The van der Waals surface area contributed by atoms with Crippen LogP contribution in [-0.4, -0.2) is 33.2 Å². The van der Waals surface area contributed by atoms with E-state index in [4.69, 9.17) is 4.74 Å². The van der Waals surface area contributed by atoms with Crippen LogP contribution in [-0.2, 0) is 5.54 Å². The molecule has 3 aromatic rings. The maximum Gasteiger partial charge on any atom is 0.252 e. The van der Waals surface area contributed by atoms with E-state index >= 15 is 0 Å². The molecule has 7 nitrogen and oxygen atoms in total. The Balaban J connectivity index is 1.76. The summed E-state index contributed by atoms with van der Waals surface area (Å²) in [6.45, 7) is 2.24. The lowest BCUT2D eigenvalue weighted by molar-refractivity contribution is 0.0836. The van der Waals surface area contributed by atoms with Gasteiger partial charge in [0, 0.05) is 5.56 Å². The van der Waals surface area contributed by atoms with Crippen LogP contribution in [0, 0.1) is 5.92 Å². The van der Waals surface area contributed by atoms with Gasteiger partial charge in [-0.1, -0.05) is 37.3 Å². The Kier molecular flexibility index (Phi) is 5.29. The van der Waals surface area contributed by atoms with Crippen LogP contribution in [0.1, 0.15) is 48.8 Å². The molecule has 29 heavy (non-hydrogen) atoms. The number of amides is 1. The van der Waals surface area contributed by atoms with Crippen molar-refractivity contribution in [2.24, 2.45) is 5.92 Å². The van der Waals surface area contributed by atoms with Crippen molar-refractivity contribution < 1.29 is 9.53 Å². The zero-order valence-electron chi connectivity index (χ0n) is 16.7. The maximum atomic E-state index is 13.1. The third-order valence-corrected chi connectivity index (χ3v) is 5.73. The SMILES string of the molecule is COc1ccccc1-n1nnnc1C1(NC(=O)c2ccccc2)CCC(C)CC1. The first-order valence-corrected chi connectivity index (χ1v) is 9.93. The average molecular weight is 391 g/mol. The fourth-order valence-electron chi connectivity index (χ4n) is 3.99. The Morgan fingerprint density at radius 2 is 1.79 bits per heavy atom. The van der Waals surface area contributed by atoms with Crippen molar-refractivity contribution in [1.29, 1.82) is 0 Å². The van der Waals surface area contributed by atoms with Crippen LogP contribution >= 0.6 is 0 Å². The van der Waals surface area contributed by atoms with Crippen LogP contribution < -0.4 is 10.1 Å². The minimum atomic E-state index is -0.635. The van der Waals surface area contributed by atoms with E-state index in [9.17, 15) is 4.79 Å². The molecule has 1 aliphatic rings. The summed E-state index contributed by atoms with van der Waals surface area (Å²) in [7, 11) is 1.62. The summed E-state index contributed by atoms with van der Waals surface area (Å²) in [4.78, 5) is 13.1. The lowest BCUT2D eigenvalue weighted by Gasteiger charge is -2.39. The molecule has 7 heteroatoms. The van der Waals surface area contributed by atoms with Crippen molar-refractivity contribution in [3.63, 3.8) is 0 Å². The van der Waals surface area contributed by atoms with Gasteiger partial charge in [-0.15, -0.1) is 5.10 Å². The summed E-state index contributed by atoms with van der Waals surface area (Å²) >= 11 is 0. The van der Waals surface area contributed by atoms with Gasteiger partial charge in [0.2, 0.25) is 0 Å². The Morgan fingerprint density at radius 1 is 1.10 bits per heavy atom. The van der Waals surface area contributed by atoms with Crippen molar-refractivity contribution in [3.8, 4) is 11.4 Å². The van der Waals surface area contributed by atoms with E-state index in [1.165, 1.54) is 0 Å². The van der Waals surface area contributed by atoms with E-state index in [1.54, 1.807) is 11.8 Å². The van der Waals surface area contributed by atoms with Crippen LogP contribution in [0.4, 0.5) is 0 Å². The van der Waals surface area contributed by atoms with Crippen LogP contribution in [0.25, 0.3) is 5.69 Å². The highest BCUT2D eigenvalue weighted by Crippen LogP contribution is 2.40. The van der Waals surface area contributed by atoms with Gasteiger partial charge in [0.25, 0.3) is 5.91 Å². The molecule has 0 saturated heterocycles. The second-order valence-electron chi connectivity index (χ2n) is 7.67. The van der Waals surface area contributed by atoms with Crippen LogP contribution in [0.3, 0.4) is 0 Å². The van der Waals surface area contributed by atoms with Gasteiger partial charge in [-0.25, -0.2) is 0 Å². The van der Waals surface area contributed by atoms with E-state index in [1.807, 2.05) is 54.6 Å². The number of para-hydroxylation sites is 2. The zero-order chi connectivity index (χ0) is 20.3. The molecular formula is C22H25N5O2. The topological polar surface area (TPSA) is 81.9 Å². The Hall–Kier alpha value is -3.22. The number of carbonyl (C=O) groups excluding carboxylic acids is 1. The lowest BCUT2D eigenvalue weighted by atomic mass is 9.76. The third-order valence-electron chi connectivity index (χ3n) is 5.73. The molecule has 0 unspecified atom stereocenters. The van der Waals surface area contributed by atoms with Crippen LogP contribution in [0.5, 0.6) is 5.75 Å². The standard InChI is InChI=1S/C22H25N5O2/c1-16-12-14-22(15-13-16,23-20(28)17-8-4-3-5-9-17)21-24-25-26-27(21)18-10-6-7-11-19(18)29-2/h3-11,16H,12-15H2,1-2H3,(H,23,28). The molecule has 1 N–H and O–H groups in total. The molecule has 1 saturated carbocycles. The molecule has 0 atom stereocenters. The first kappa shape index (κ1) is 19.1. The monoisotopic (exact) mass is 391 g/mol. The molecule has 1 aromatic heterocycles. The Labute approximate surface area is 170 Å². The van der Waals surface area contributed by atoms with Gasteiger partial charge >= 0.3 is 0 Å². The second kappa shape index (κ2) is 8.03. The normalized spacial score (nSPS) is 21.5. The zero-order valence-corrected chi connectivity index (χ0v) is 16.7. The number of nitrogens with one attached hydrogen (secondary N) is 1. The number of methoxy groups -OCH3 is 1. The number of rotatable bonds is 5. The van der Waals surface area contributed by atoms with Gasteiger partial charge in [0.1, 0.15) is 17.0 Å². The summed E-state index contributed by atoms with van der Waals surface area (Å²) in [5, 5.41) is 15.8.